The maximum Gasteiger partial charge on any atom is 0.289 e. The first-order valence-electron chi connectivity index (χ1n) is 8.29. The highest BCUT2D eigenvalue weighted by Gasteiger charge is 2.12. The second kappa shape index (κ2) is 7.26. The molecule has 0 radical (unpaired) electrons. The number of anilines is 1. The van der Waals surface area contributed by atoms with Crippen molar-refractivity contribution >= 4 is 23.1 Å². The number of rotatable bonds is 4. The zero-order chi connectivity index (χ0) is 18.7. The standard InChI is InChI=1S/C19H21N5O2/c1-12-7-8-15(13(2)9-12)20-10-18(25)22-23-19(26)16-11-24-14(3)5-4-6-17(24)21-16/h4-9,11,20H,10H2,1-3H3,(H,22,25)(H,23,26). The maximum absolute atomic E-state index is 12.2. The average molecular weight is 351 g/mol. The van der Waals surface area contributed by atoms with Crippen LogP contribution < -0.4 is 16.2 Å². The molecule has 26 heavy (non-hydrogen) atoms. The third kappa shape index (κ3) is 3.83. The highest BCUT2D eigenvalue weighted by atomic mass is 16.2. The Hall–Kier alpha value is -3.35. The molecule has 0 bridgehead atoms. The molecule has 7 heteroatoms. The zero-order valence-corrected chi connectivity index (χ0v) is 15.0. The molecule has 3 N–H and O–H groups in total. The molecule has 2 heterocycles. The van der Waals surface area contributed by atoms with Crippen molar-refractivity contribution in [3.63, 3.8) is 0 Å². The second-order valence-corrected chi connectivity index (χ2v) is 6.20. The predicted octanol–water partition coefficient (Wildman–Crippen LogP) is 2.13. The number of pyridine rings is 1. The second-order valence-electron chi connectivity index (χ2n) is 6.20. The predicted molar refractivity (Wildman–Crippen MR) is 99.9 cm³/mol. The summed E-state index contributed by atoms with van der Waals surface area (Å²) in [4.78, 5) is 28.4. The number of carbonyl (C=O) groups is 2. The largest absolute Gasteiger partial charge is 0.376 e. The first-order chi connectivity index (χ1) is 12.4. The molecule has 0 aliphatic heterocycles. The summed E-state index contributed by atoms with van der Waals surface area (Å²) >= 11 is 0. The number of hydrogen-bond acceptors (Lipinski definition) is 4. The number of carbonyl (C=O) groups excluding carboxylic acids is 2. The minimum Gasteiger partial charge on any atom is -0.376 e. The minimum atomic E-state index is -0.465. The zero-order valence-electron chi connectivity index (χ0n) is 15.0. The van der Waals surface area contributed by atoms with Crippen LogP contribution in [0.4, 0.5) is 5.69 Å². The van der Waals surface area contributed by atoms with Gasteiger partial charge in [-0.3, -0.25) is 20.4 Å². The summed E-state index contributed by atoms with van der Waals surface area (Å²) < 4.78 is 1.82. The van der Waals surface area contributed by atoms with Crippen molar-refractivity contribution in [1.82, 2.24) is 20.2 Å². The number of nitrogens with zero attached hydrogens (tertiary/aromatic N) is 2. The van der Waals surface area contributed by atoms with Gasteiger partial charge >= 0.3 is 0 Å². The Bertz CT molecular complexity index is 977. The van der Waals surface area contributed by atoms with Crippen LogP contribution in [0.5, 0.6) is 0 Å². The first-order valence-corrected chi connectivity index (χ1v) is 8.29. The Morgan fingerprint density at radius 1 is 1.08 bits per heavy atom. The normalized spacial score (nSPS) is 10.6. The van der Waals surface area contributed by atoms with Crippen LogP contribution in [-0.4, -0.2) is 27.7 Å². The monoisotopic (exact) mass is 351 g/mol. The van der Waals surface area contributed by atoms with E-state index in [4.69, 9.17) is 0 Å². The van der Waals surface area contributed by atoms with Gasteiger partial charge in [-0.05, 0) is 44.5 Å². The molecular formula is C19H21N5O2. The van der Waals surface area contributed by atoms with Gasteiger partial charge in [0.2, 0.25) is 0 Å². The van der Waals surface area contributed by atoms with Gasteiger partial charge in [-0.25, -0.2) is 4.98 Å². The van der Waals surface area contributed by atoms with E-state index in [1.54, 1.807) is 6.20 Å². The van der Waals surface area contributed by atoms with Crippen molar-refractivity contribution < 1.29 is 9.59 Å². The topological polar surface area (TPSA) is 87.5 Å². The fraction of sp³-hybridized carbons (Fsp3) is 0.211. The lowest BCUT2D eigenvalue weighted by molar-refractivity contribution is -0.120. The van der Waals surface area contributed by atoms with Crippen LogP contribution in [0, 0.1) is 20.8 Å². The van der Waals surface area contributed by atoms with Gasteiger partial charge in [0.15, 0.2) is 0 Å². The number of hydrogen-bond donors (Lipinski definition) is 3. The molecule has 0 unspecified atom stereocenters. The van der Waals surface area contributed by atoms with Gasteiger partial charge in [0.05, 0.1) is 6.54 Å². The van der Waals surface area contributed by atoms with Gasteiger partial charge in [-0.2, -0.15) is 0 Å². The molecule has 1 aromatic carbocycles. The van der Waals surface area contributed by atoms with Crippen molar-refractivity contribution in [1.29, 1.82) is 0 Å². The minimum absolute atomic E-state index is 0.0501. The lowest BCUT2D eigenvalue weighted by Crippen LogP contribution is -2.44. The first kappa shape index (κ1) is 17.5. The van der Waals surface area contributed by atoms with Crippen LogP contribution in [0.2, 0.25) is 0 Å². The molecule has 0 saturated carbocycles. The van der Waals surface area contributed by atoms with E-state index in [2.05, 4.69) is 21.2 Å². The van der Waals surface area contributed by atoms with Crippen molar-refractivity contribution in [3.8, 4) is 0 Å². The molecule has 7 nitrogen and oxygen atoms in total. The molecule has 0 spiro atoms. The van der Waals surface area contributed by atoms with E-state index in [1.165, 1.54) is 0 Å². The highest BCUT2D eigenvalue weighted by Crippen LogP contribution is 2.15. The summed E-state index contributed by atoms with van der Waals surface area (Å²) in [6.07, 6.45) is 1.64. The number of imidazole rings is 1. The summed E-state index contributed by atoms with van der Waals surface area (Å²) in [6, 6.07) is 11.6. The lowest BCUT2D eigenvalue weighted by atomic mass is 10.1. The lowest BCUT2D eigenvalue weighted by Gasteiger charge is -2.10. The Balaban J connectivity index is 1.55. The molecule has 0 atom stereocenters. The molecule has 134 valence electrons. The number of hydrazine groups is 1. The van der Waals surface area contributed by atoms with E-state index in [9.17, 15) is 9.59 Å². The van der Waals surface area contributed by atoms with E-state index < -0.39 is 5.91 Å². The number of fused-ring (bicyclic) bond motifs is 1. The van der Waals surface area contributed by atoms with E-state index in [1.807, 2.05) is 61.6 Å². The van der Waals surface area contributed by atoms with Crippen LogP contribution >= 0.6 is 0 Å². The van der Waals surface area contributed by atoms with Gasteiger partial charge in [-0.15, -0.1) is 0 Å². The van der Waals surface area contributed by atoms with Crippen molar-refractivity contribution in [2.45, 2.75) is 20.8 Å². The molecule has 0 fully saturated rings. The van der Waals surface area contributed by atoms with Gasteiger partial charge in [0.25, 0.3) is 11.8 Å². The molecule has 3 aromatic rings. The van der Waals surface area contributed by atoms with Gasteiger partial charge < -0.3 is 9.72 Å². The van der Waals surface area contributed by atoms with Crippen LogP contribution in [0.1, 0.15) is 27.3 Å². The van der Waals surface area contributed by atoms with Crippen molar-refractivity contribution in [2.24, 2.45) is 0 Å². The number of benzene rings is 1. The quantitative estimate of drug-likeness (QED) is 0.629. The number of nitrogens with one attached hydrogen (secondary N) is 3. The number of aromatic nitrogens is 2. The molecule has 0 aliphatic rings. The fourth-order valence-electron chi connectivity index (χ4n) is 2.68. The Morgan fingerprint density at radius 2 is 1.88 bits per heavy atom. The molecular weight excluding hydrogens is 330 g/mol. The molecule has 0 saturated heterocycles. The Labute approximate surface area is 151 Å². The van der Waals surface area contributed by atoms with Gasteiger partial charge in [0, 0.05) is 17.6 Å². The van der Waals surface area contributed by atoms with E-state index >= 15 is 0 Å². The van der Waals surface area contributed by atoms with Crippen LogP contribution in [0.3, 0.4) is 0 Å². The van der Waals surface area contributed by atoms with E-state index in [0.29, 0.717) is 5.65 Å². The van der Waals surface area contributed by atoms with Crippen LogP contribution in [0.15, 0.2) is 42.6 Å². The summed E-state index contributed by atoms with van der Waals surface area (Å²) in [5, 5.41) is 3.05. The van der Waals surface area contributed by atoms with Crippen molar-refractivity contribution in [2.75, 3.05) is 11.9 Å². The molecule has 3 rings (SSSR count). The summed E-state index contributed by atoms with van der Waals surface area (Å²) in [6.45, 7) is 5.96. The van der Waals surface area contributed by atoms with Gasteiger partial charge in [0.1, 0.15) is 11.3 Å². The fourth-order valence-corrected chi connectivity index (χ4v) is 2.68. The van der Waals surface area contributed by atoms with Crippen LogP contribution in [0.25, 0.3) is 5.65 Å². The Morgan fingerprint density at radius 3 is 2.62 bits per heavy atom. The summed E-state index contributed by atoms with van der Waals surface area (Å²) in [5.74, 6) is -0.814. The molecule has 2 aromatic heterocycles. The van der Waals surface area contributed by atoms with Gasteiger partial charge in [-0.1, -0.05) is 23.8 Å². The molecule has 0 aliphatic carbocycles. The third-order valence-electron chi connectivity index (χ3n) is 4.07. The molecule has 2 amide bonds. The van der Waals surface area contributed by atoms with E-state index in [0.717, 1.165) is 22.5 Å². The smallest absolute Gasteiger partial charge is 0.289 e. The summed E-state index contributed by atoms with van der Waals surface area (Å²) in [5.41, 5.74) is 9.76. The maximum atomic E-state index is 12.2. The van der Waals surface area contributed by atoms with Crippen molar-refractivity contribution in [3.05, 3.63) is 65.1 Å². The number of aryl methyl sites for hydroxylation is 3. The Kier molecular flexibility index (Phi) is 4.88. The highest BCUT2D eigenvalue weighted by molar-refractivity contribution is 5.94. The third-order valence-corrected chi connectivity index (χ3v) is 4.07. The average Bonchev–Trinajstić information content (AvgIpc) is 3.05. The van der Waals surface area contributed by atoms with E-state index in [-0.39, 0.29) is 18.1 Å². The summed E-state index contributed by atoms with van der Waals surface area (Å²) in [7, 11) is 0. The number of amides is 2. The SMILES string of the molecule is Cc1ccc(NCC(=O)NNC(=O)c2cn3c(C)cccc3n2)c(C)c1. The van der Waals surface area contributed by atoms with Crippen LogP contribution in [-0.2, 0) is 4.79 Å².